The lowest BCUT2D eigenvalue weighted by molar-refractivity contribution is 0.269. The number of rotatable bonds is 4. The second-order valence-electron chi connectivity index (χ2n) is 3.02. The van der Waals surface area contributed by atoms with Gasteiger partial charge in [0.25, 0.3) is 0 Å². The van der Waals surface area contributed by atoms with Crippen molar-refractivity contribution in [3.8, 4) is 0 Å². The van der Waals surface area contributed by atoms with Crippen LogP contribution in [0.2, 0.25) is 5.02 Å². The quantitative estimate of drug-likeness (QED) is 0.887. The minimum Gasteiger partial charge on any atom is -0.396 e. The molecule has 2 N–H and O–H groups in total. The first kappa shape index (κ1) is 12.0. The van der Waals surface area contributed by atoms with E-state index in [4.69, 9.17) is 16.7 Å². The maximum atomic E-state index is 8.88. The predicted octanol–water partition coefficient (Wildman–Crippen LogP) is 2.75. The third-order valence-corrected chi connectivity index (χ3v) is 2.92. The molecule has 0 fully saturated rings. The van der Waals surface area contributed by atoms with E-state index in [1.807, 2.05) is 25.2 Å². The van der Waals surface area contributed by atoms with E-state index in [2.05, 4.69) is 21.2 Å². The van der Waals surface area contributed by atoms with E-state index in [1.165, 1.54) is 0 Å². The SMILES string of the molecule is CNC(CCO)c1ccc(Br)cc1Cl. The molecule has 0 amide bonds. The largest absolute Gasteiger partial charge is 0.396 e. The van der Waals surface area contributed by atoms with Crippen LogP contribution in [-0.2, 0) is 0 Å². The summed E-state index contributed by atoms with van der Waals surface area (Å²) in [7, 11) is 1.86. The summed E-state index contributed by atoms with van der Waals surface area (Å²) in [5.74, 6) is 0. The number of aliphatic hydroxyl groups excluding tert-OH is 1. The average Bonchev–Trinajstić information content (AvgIpc) is 2.15. The maximum Gasteiger partial charge on any atom is 0.0465 e. The highest BCUT2D eigenvalue weighted by molar-refractivity contribution is 9.10. The van der Waals surface area contributed by atoms with Gasteiger partial charge in [0, 0.05) is 22.1 Å². The zero-order chi connectivity index (χ0) is 10.6. The van der Waals surface area contributed by atoms with E-state index in [1.54, 1.807) is 0 Å². The molecular formula is C10H13BrClNO. The minimum atomic E-state index is 0.112. The number of halogens is 2. The van der Waals surface area contributed by atoms with Crippen molar-refractivity contribution in [2.75, 3.05) is 13.7 Å². The number of hydrogen-bond donors (Lipinski definition) is 2. The highest BCUT2D eigenvalue weighted by Crippen LogP contribution is 2.27. The summed E-state index contributed by atoms with van der Waals surface area (Å²) in [6.45, 7) is 0.151. The molecule has 1 rings (SSSR count). The summed E-state index contributed by atoms with van der Waals surface area (Å²) in [4.78, 5) is 0. The Balaban J connectivity index is 2.92. The highest BCUT2D eigenvalue weighted by Gasteiger charge is 2.11. The van der Waals surface area contributed by atoms with Gasteiger partial charge >= 0.3 is 0 Å². The van der Waals surface area contributed by atoms with Crippen molar-refractivity contribution in [2.24, 2.45) is 0 Å². The van der Waals surface area contributed by atoms with Gasteiger partial charge in [0.2, 0.25) is 0 Å². The van der Waals surface area contributed by atoms with E-state index in [-0.39, 0.29) is 12.6 Å². The van der Waals surface area contributed by atoms with E-state index in [9.17, 15) is 0 Å². The van der Waals surface area contributed by atoms with Gasteiger partial charge in [-0.2, -0.15) is 0 Å². The Morgan fingerprint density at radius 3 is 2.79 bits per heavy atom. The third kappa shape index (κ3) is 2.95. The summed E-state index contributed by atoms with van der Waals surface area (Å²) in [6, 6.07) is 5.88. The second kappa shape index (κ2) is 5.71. The molecule has 0 saturated carbocycles. The van der Waals surface area contributed by atoms with E-state index in [0.717, 1.165) is 10.0 Å². The Morgan fingerprint density at radius 2 is 2.29 bits per heavy atom. The molecule has 1 atom stereocenters. The Kier molecular flexibility index (Phi) is 4.89. The Bertz CT molecular complexity index is 306. The molecule has 0 aliphatic heterocycles. The molecule has 1 aromatic carbocycles. The number of nitrogens with one attached hydrogen (secondary N) is 1. The molecule has 2 nitrogen and oxygen atoms in total. The van der Waals surface area contributed by atoms with Crippen molar-refractivity contribution in [3.05, 3.63) is 33.3 Å². The first-order valence-corrected chi connectivity index (χ1v) is 5.59. The van der Waals surface area contributed by atoms with Crippen LogP contribution in [0.3, 0.4) is 0 Å². The maximum absolute atomic E-state index is 8.88. The fourth-order valence-electron chi connectivity index (χ4n) is 1.37. The van der Waals surface area contributed by atoms with Crippen molar-refractivity contribution in [2.45, 2.75) is 12.5 Å². The molecule has 14 heavy (non-hydrogen) atoms. The van der Waals surface area contributed by atoms with E-state index >= 15 is 0 Å². The van der Waals surface area contributed by atoms with Crippen molar-refractivity contribution in [1.29, 1.82) is 0 Å². The Hall–Kier alpha value is -0.0900. The van der Waals surface area contributed by atoms with Crippen molar-refractivity contribution < 1.29 is 5.11 Å². The van der Waals surface area contributed by atoms with Crippen molar-refractivity contribution >= 4 is 27.5 Å². The van der Waals surface area contributed by atoms with Gasteiger partial charge in [0.1, 0.15) is 0 Å². The second-order valence-corrected chi connectivity index (χ2v) is 4.34. The minimum absolute atomic E-state index is 0.112. The van der Waals surface area contributed by atoms with E-state index in [0.29, 0.717) is 11.4 Å². The van der Waals surface area contributed by atoms with Gasteiger partial charge < -0.3 is 10.4 Å². The predicted molar refractivity (Wildman–Crippen MR) is 62.7 cm³/mol. The van der Waals surface area contributed by atoms with Crippen LogP contribution in [0.15, 0.2) is 22.7 Å². The zero-order valence-electron chi connectivity index (χ0n) is 7.93. The number of benzene rings is 1. The molecule has 0 aliphatic rings. The molecule has 0 bridgehead atoms. The standard InChI is InChI=1S/C10H13BrClNO/c1-13-10(4-5-14)8-3-2-7(11)6-9(8)12/h2-3,6,10,13-14H,4-5H2,1H3. The molecular weight excluding hydrogens is 265 g/mol. The van der Waals surface area contributed by atoms with Gasteiger partial charge in [-0.3, -0.25) is 0 Å². The molecule has 1 unspecified atom stereocenters. The molecule has 0 heterocycles. The van der Waals surface area contributed by atoms with Crippen LogP contribution in [0.1, 0.15) is 18.0 Å². The Labute approximate surface area is 97.4 Å². The Morgan fingerprint density at radius 1 is 1.57 bits per heavy atom. The zero-order valence-corrected chi connectivity index (χ0v) is 10.3. The lowest BCUT2D eigenvalue weighted by Gasteiger charge is -2.16. The van der Waals surface area contributed by atoms with Gasteiger partial charge in [-0.05, 0) is 31.2 Å². The molecule has 0 saturated heterocycles. The van der Waals surface area contributed by atoms with Gasteiger partial charge in [0.05, 0.1) is 0 Å². The van der Waals surface area contributed by atoms with Gasteiger partial charge in [-0.25, -0.2) is 0 Å². The number of aliphatic hydroxyl groups is 1. The molecule has 0 radical (unpaired) electrons. The third-order valence-electron chi connectivity index (χ3n) is 2.10. The van der Waals surface area contributed by atoms with Crippen LogP contribution in [-0.4, -0.2) is 18.8 Å². The molecule has 4 heteroatoms. The fraction of sp³-hybridized carbons (Fsp3) is 0.400. The van der Waals surface area contributed by atoms with E-state index < -0.39 is 0 Å². The van der Waals surface area contributed by atoms with Crippen molar-refractivity contribution in [1.82, 2.24) is 5.32 Å². The van der Waals surface area contributed by atoms with Crippen molar-refractivity contribution in [3.63, 3.8) is 0 Å². The van der Waals surface area contributed by atoms with Crippen LogP contribution >= 0.6 is 27.5 Å². The molecule has 0 aromatic heterocycles. The topological polar surface area (TPSA) is 32.3 Å². The van der Waals surface area contributed by atoms with Crippen LogP contribution < -0.4 is 5.32 Å². The fourth-order valence-corrected chi connectivity index (χ4v) is 2.17. The van der Waals surface area contributed by atoms with Crippen LogP contribution in [0.5, 0.6) is 0 Å². The first-order chi connectivity index (χ1) is 6.69. The first-order valence-electron chi connectivity index (χ1n) is 4.42. The summed E-state index contributed by atoms with van der Waals surface area (Å²) in [6.07, 6.45) is 0.665. The summed E-state index contributed by atoms with van der Waals surface area (Å²) in [5.41, 5.74) is 1.02. The molecule has 0 spiro atoms. The molecule has 0 aliphatic carbocycles. The smallest absolute Gasteiger partial charge is 0.0465 e. The summed E-state index contributed by atoms with van der Waals surface area (Å²) < 4.78 is 0.963. The highest BCUT2D eigenvalue weighted by atomic mass is 79.9. The number of hydrogen-bond acceptors (Lipinski definition) is 2. The summed E-state index contributed by atoms with van der Waals surface area (Å²) >= 11 is 9.44. The van der Waals surface area contributed by atoms with Gasteiger partial charge in [-0.15, -0.1) is 0 Å². The molecule has 78 valence electrons. The lowest BCUT2D eigenvalue weighted by atomic mass is 10.0. The normalized spacial score (nSPS) is 12.9. The average molecular weight is 279 g/mol. The van der Waals surface area contributed by atoms with Gasteiger partial charge in [-0.1, -0.05) is 33.6 Å². The van der Waals surface area contributed by atoms with Crippen LogP contribution in [0.4, 0.5) is 0 Å². The van der Waals surface area contributed by atoms with Gasteiger partial charge in [0.15, 0.2) is 0 Å². The van der Waals surface area contributed by atoms with Crippen LogP contribution in [0, 0.1) is 0 Å². The van der Waals surface area contributed by atoms with Crippen LogP contribution in [0.25, 0.3) is 0 Å². The lowest BCUT2D eigenvalue weighted by Crippen LogP contribution is -2.17. The molecule has 1 aromatic rings. The summed E-state index contributed by atoms with van der Waals surface area (Å²) in [5, 5.41) is 12.7. The monoisotopic (exact) mass is 277 g/mol.